The summed E-state index contributed by atoms with van der Waals surface area (Å²) in [5.41, 5.74) is 1.12. The highest BCUT2D eigenvalue weighted by Crippen LogP contribution is 2.26. The zero-order chi connectivity index (χ0) is 15.0. The molecular formula is C16H25NO3. The van der Waals surface area contributed by atoms with Gasteiger partial charge in [-0.3, -0.25) is 4.79 Å². The first-order chi connectivity index (χ1) is 9.56. The molecular weight excluding hydrogens is 254 g/mol. The van der Waals surface area contributed by atoms with E-state index in [0.717, 1.165) is 17.7 Å². The molecule has 0 aromatic heterocycles. The van der Waals surface area contributed by atoms with Crippen LogP contribution in [0.5, 0.6) is 5.75 Å². The fraction of sp³-hybridized carbons (Fsp3) is 0.562. The van der Waals surface area contributed by atoms with Gasteiger partial charge in [-0.05, 0) is 30.9 Å². The lowest BCUT2D eigenvalue weighted by molar-refractivity contribution is -0.127. The molecule has 4 heteroatoms. The van der Waals surface area contributed by atoms with E-state index in [0.29, 0.717) is 19.1 Å². The Hall–Kier alpha value is -1.55. The number of methoxy groups -OCH3 is 1. The van der Waals surface area contributed by atoms with Crippen LogP contribution in [0, 0.1) is 0 Å². The molecule has 20 heavy (non-hydrogen) atoms. The van der Waals surface area contributed by atoms with Gasteiger partial charge in [0.05, 0.1) is 0 Å². The smallest absolute Gasteiger partial charge is 0.260 e. The van der Waals surface area contributed by atoms with Crippen molar-refractivity contribution in [2.45, 2.75) is 39.2 Å². The Morgan fingerprint density at radius 1 is 1.25 bits per heavy atom. The molecule has 0 heterocycles. The molecule has 1 atom stereocenters. The molecule has 112 valence electrons. The van der Waals surface area contributed by atoms with Crippen LogP contribution >= 0.6 is 0 Å². The SMILES string of the molecule is COCCCNC(=O)C(C)Oc1ccccc1C(C)C. The Morgan fingerprint density at radius 2 is 1.95 bits per heavy atom. The third-order valence-corrected chi connectivity index (χ3v) is 3.04. The number of carbonyl (C=O) groups excluding carboxylic acids is 1. The van der Waals surface area contributed by atoms with Gasteiger partial charge in [-0.25, -0.2) is 0 Å². The summed E-state index contributed by atoms with van der Waals surface area (Å²) in [5, 5.41) is 2.84. The number of rotatable bonds is 8. The van der Waals surface area contributed by atoms with E-state index in [2.05, 4.69) is 19.2 Å². The van der Waals surface area contributed by atoms with Gasteiger partial charge < -0.3 is 14.8 Å². The number of benzene rings is 1. The highest BCUT2D eigenvalue weighted by atomic mass is 16.5. The van der Waals surface area contributed by atoms with Crippen LogP contribution in [0.1, 0.15) is 38.7 Å². The molecule has 1 amide bonds. The van der Waals surface area contributed by atoms with Crippen molar-refractivity contribution in [2.24, 2.45) is 0 Å². The van der Waals surface area contributed by atoms with Gasteiger partial charge in [0, 0.05) is 20.3 Å². The Labute approximate surface area is 121 Å². The highest BCUT2D eigenvalue weighted by Gasteiger charge is 2.16. The average Bonchev–Trinajstić information content (AvgIpc) is 2.43. The van der Waals surface area contributed by atoms with Crippen LogP contribution in [-0.4, -0.2) is 32.3 Å². The first kappa shape index (κ1) is 16.5. The van der Waals surface area contributed by atoms with Crippen LogP contribution in [0.15, 0.2) is 24.3 Å². The molecule has 0 fully saturated rings. The van der Waals surface area contributed by atoms with E-state index >= 15 is 0 Å². The average molecular weight is 279 g/mol. The first-order valence-electron chi connectivity index (χ1n) is 7.08. The monoisotopic (exact) mass is 279 g/mol. The number of hydrogen-bond acceptors (Lipinski definition) is 3. The maximum atomic E-state index is 11.9. The van der Waals surface area contributed by atoms with Crippen molar-refractivity contribution in [3.05, 3.63) is 29.8 Å². The lowest BCUT2D eigenvalue weighted by Gasteiger charge is -2.18. The molecule has 0 spiro atoms. The van der Waals surface area contributed by atoms with E-state index in [9.17, 15) is 4.79 Å². The Kier molecular flexibility index (Phi) is 7.09. The minimum absolute atomic E-state index is 0.0975. The van der Waals surface area contributed by atoms with Gasteiger partial charge in [0.15, 0.2) is 6.10 Å². The summed E-state index contributed by atoms with van der Waals surface area (Å²) >= 11 is 0. The summed E-state index contributed by atoms with van der Waals surface area (Å²) in [5.74, 6) is 1.05. The van der Waals surface area contributed by atoms with Gasteiger partial charge in [-0.15, -0.1) is 0 Å². The zero-order valence-electron chi connectivity index (χ0n) is 12.8. The number of nitrogens with one attached hydrogen (secondary N) is 1. The molecule has 1 N–H and O–H groups in total. The third-order valence-electron chi connectivity index (χ3n) is 3.04. The lowest BCUT2D eigenvalue weighted by atomic mass is 10.0. The van der Waals surface area contributed by atoms with Crippen LogP contribution in [0.3, 0.4) is 0 Å². The second-order valence-electron chi connectivity index (χ2n) is 5.09. The number of para-hydroxylation sites is 1. The highest BCUT2D eigenvalue weighted by molar-refractivity contribution is 5.80. The summed E-state index contributed by atoms with van der Waals surface area (Å²) in [7, 11) is 1.65. The van der Waals surface area contributed by atoms with Crippen molar-refractivity contribution in [1.82, 2.24) is 5.32 Å². The standard InChI is InChI=1S/C16H25NO3/c1-12(2)14-8-5-6-9-15(14)20-13(3)16(18)17-10-7-11-19-4/h5-6,8-9,12-13H,7,10-11H2,1-4H3,(H,17,18). The Balaban J connectivity index is 2.53. The maximum Gasteiger partial charge on any atom is 0.260 e. The van der Waals surface area contributed by atoms with E-state index in [1.54, 1.807) is 14.0 Å². The Bertz CT molecular complexity index is 418. The summed E-state index contributed by atoms with van der Waals surface area (Å²) in [6.45, 7) is 7.23. The van der Waals surface area contributed by atoms with Crippen molar-refractivity contribution in [2.75, 3.05) is 20.3 Å². The molecule has 0 bridgehead atoms. The molecule has 1 aromatic rings. The predicted molar refractivity (Wildman–Crippen MR) is 80.1 cm³/mol. The van der Waals surface area contributed by atoms with E-state index in [-0.39, 0.29) is 5.91 Å². The van der Waals surface area contributed by atoms with E-state index in [1.165, 1.54) is 0 Å². The molecule has 0 aliphatic carbocycles. The van der Waals surface area contributed by atoms with Crippen LogP contribution in [0.2, 0.25) is 0 Å². The predicted octanol–water partition coefficient (Wildman–Crippen LogP) is 2.73. The third kappa shape index (κ3) is 5.21. The summed E-state index contributed by atoms with van der Waals surface area (Å²) in [4.78, 5) is 11.9. The van der Waals surface area contributed by atoms with Gasteiger partial charge in [-0.1, -0.05) is 32.0 Å². The molecule has 0 aliphatic heterocycles. The van der Waals surface area contributed by atoms with E-state index in [1.807, 2.05) is 24.3 Å². The second kappa shape index (κ2) is 8.59. The molecule has 0 aliphatic rings. The molecule has 0 saturated heterocycles. The minimum Gasteiger partial charge on any atom is -0.481 e. The van der Waals surface area contributed by atoms with E-state index < -0.39 is 6.10 Å². The fourth-order valence-electron chi connectivity index (χ4n) is 1.88. The minimum atomic E-state index is -0.502. The topological polar surface area (TPSA) is 47.6 Å². The fourth-order valence-corrected chi connectivity index (χ4v) is 1.88. The van der Waals surface area contributed by atoms with Crippen LogP contribution < -0.4 is 10.1 Å². The second-order valence-corrected chi connectivity index (χ2v) is 5.09. The van der Waals surface area contributed by atoms with Crippen molar-refractivity contribution in [3.63, 3.8) is 0 Å². The molecule has 0 radical (unpaired) electrons. The van der Waals surface area contributed by atoms with Crippen LogP contribution in [0.4, 0.5) is 0 Å². The Morgan fingerprint density at radius 3 is 2.60 bits per heavy atom. The summed E-state index contributed by atoms with van der Waals surface area (Å²) in [6.07, 6.45) is 0.301. The molecule has 1 aromatic carbocycles. The van der Waals surface area contributed by atoms with Gasteiger partial charge in [-0.2, -0.15) is 0 Å². The molecule has 1 unspecified atom stereocenters. The van der Waals surface area contributed by atoms with Gasteiger partial charge in [0.25, 0.3) is 5.91 Å². The van der Waals surface area contributed by atoms with Crippen LogP contribution in [0.25, 0.3) is 0 Å². The zero-order valence-corrected chi connectivity index (χ0v) is 12.8. The van der Waals surface area contributed by atoms with Gasteiger partial charge >= 0.3 is 0 Å². The molecule has 0 saturated carbocycles. The van der Waals surface area contributed by atoms with Crippen molar-refractivity contribution >= 4 is 5.91 Å². The van der Waals surface area contributed by atoms with E-state index in [4.69, 9.17) is 9.47 Å². The number of amides is 1. The quantitative estimate of drug-likeness (QED) is 0.744. The maximum absolute atomic E-state index is 11.9. The molecule has 1 rings (SSSR count). The number of carbonyl (C=O) groups is 1. The largest absolute Gasteiger partial charge is 0.481 e. The van der Waals surface area contributed by atoms with Crippen LogP contribution in [-0.2, 0) is 9.53 Å². The summed E-state index contributed by atoms with van der Waals surface area (Å²) < 4.78 is 10.7. The number of hydrogen-bond donors (Lipinski definition) is 1. The van der Waals surface area contributed by atoms with Crippen molar-refractivity contribution in [3.8, 4) is 5.75 Å². The first-order valence-corrected chi connectivity index (χ1v) is 7.08. The summed E-state index contributed by atoms with van der Waals surface area (Å²) in [6, 6.07) is 7.84. The lowest BCUT2D eigenvalue weighted by Crippen LogP contribution is -2.37. The van der Waals surface area contributed by atoms with Gasteiger partial charge in [0.2, 0.25) is 0 Å². The normalized spacial score (nSPS) is 12.2. The van der Waals surface area contributed by atoms with Crippen molar-refractivity contribution < 1.29 is 14.3 Å². The van der Waals surface area contributed by atoms with Gasteiger partial charge in [0.1, 0.15) is 5.75 Å². The number of ether oxygens (including phenoxy) is 2. The molecule has 4 nitrogen and oxygen atoms in total. The van der Waals surface area contributed by atoms with Crippen molar-refractivity contribution in [1.29, 1.82) is 0 Å².